The van der Waals surface area contributed by atoms with Crippen LogP contribution in [0.2, 0.25) is 0 Å². The highest BCUT2D eigenvalue weighted by Crippen LogP contribution is 2.17. The minimum absolute atomic E-state index is 0.529. The molecule has 0 heterocycles. The van der Waals surface area contributed by atoms with Gasteiger partial charge in [-0.15, -0.1) is 0 Å². The number of rotatable bonds is 9. The van der Waals surface area contributed by atoms with Crippen molar-refractivity contribution in [3.8, 4) is 5.75 Å². The third-order valence-corrected chi connectivity index (χ3v) is 4.08. The largest absolute Gasteiger partial charge is 0.493 e. The molecule has 1 rings (SSSR count). The van der Waals surface area contributed by atoms with Crippen molar-refractivity contribution in [2.45, 2.75) is 25.9 Å². The summed E-state index contributed by atoms with van der Waals surface area (Å²) in [5, 5.41) is 0. The lowest BCUT2D eigenvalue weighted by molar-refractivity contribution is 0.235. The predicted molar refractivity (Wildman–Crippen MR) is 84.9 cm³/mol. The van der Waals surface area contributed by atoms with Crippen molar-refractivity contribution in [2.75, 3.05) is 32.2 Å². The summed E-state index contributed by atoms with van der Waals surface area (Å²) in [7, 11) is 2.18. The lowest BCUT2D eigenvalue weighted by Gasteiger charge is -2.23. The second kappa shape index (κ2) is 9.23. The van der Waals surface area contributed by atoms with Gasteiger partial charge in [-0.1, -0.05) is 18.2 Å². The number of thioether (sulfide) groups is 1. The molecule has 1 aromatic rings. The van der Waals surface area contributed by atoms with E-state index in [9.17, 15) is 0 Å². The van der Waals surface area contributed by atoms with Crippen molar-refractivity contribution in [3.05, 3.63) is 29.8 Å². The Morgan fingerprint density at radius 1 is 1.37 bits per heavy atom. The van der Waals surface area contributed by atoms with E-state index in [1.54, 1.807) is 0 Å². The monoisotopic (exact) mass is 282 g/mol. The first-order valence-corrected chi connectivity index (χ1v) is 8.18. The highest BCUT2D eigenvalue weighted by molar-refractivity contribution is 7.98. The Kier molecular flexibility index (Phi) is 7.94. The van der Waals surface area contributed by atoms with Crippen LogP contribution in [0.15, 0.2) is 24.3 Å². The molecule has 0 spiro atoms. The zero-order chi connectivity index (χ0) is 14.1. The molecule has 0 aliphatic heterocycles. The Hall–Kier alpha value is -0.710. The number of nitrogens with zero attached hydrogens (tertiary/aromatic N) is 1. The normalized spacial score (nSPS) is 12.7. The maximum absolute atomic E-state index is 5.81. The van der Waals surface area contributed by atoms with Crippen LogP contribution in [-0.2, 0) is 6.54 Å². The molecule has 2 N–H and O–H groups in total. The first-order chi connectivity index (χ1) is 9.19. The zero-order valence-electron chi connectivity index (χ0n) is 12.3. The average Bonchev–Trinajstić information content (AvgIpc) is 2.44. The van der Waals surface area contributed by atoms with Gasteiger partial charge >= 0.3 is 0 Å². The molecule has 0 fully saturated rings. The van der Waals surface area contributed by atoms with E-state index in [-0.39, 0.29) is 0 Å². The zero-order valence-corrected chi connectivity index (χ0v) is 13.1. The van der Waals surface area contributed by atoms with Gasteiger partial charge in [0.15, 0.2) is 0 Å². The van der Waals surface area contributed by atoms with Crippen LogP contribution in [0.1, 0.15) is 18.9 Å². The van der Waals surface area contributed by atoms with Crippen LogP contribution >= 0.6 is 11.8 Å². The summed E-state index contributed by atoms with van der Waals surface area (Å²) < 4.78 is 5.81. The van der Waals surface area contributed by atoms with Crippen LogP contribution in [0.5, 0.6) is 5.75 Å². The molecule has 0 aromatic heterocycles. The maximum atomic E-state index is 5.81. The third-order valence-electron chi connectivity index (χ3n) is 3.27. The molecule has 1 atom stereocenters. The van der Waals surface area contributed by atoms with Crippen molar-refractivity contribution in [1.82, 2.24) is 4.90 Å². The summed E-state index contributed by atoms with van der Waals surface area (Å²) in [6.07, 6.45) is 3.19. The fourth-order valence-corrected chi connectivity index (χ4v) is 2.64. The molecule has 0 saturated heterocycles. The minimum Gasteiger partial charge on any atom is -0.493 e. The summed E-state index contributed by atoms with van der Waals surface area (Å²) in [5.74, 6) is 2.10. The highest BCUT2D eigenvalue weighted by atomic mass is 32.2. The summed E-state index contributed by atoms with van der Waals surface area (Å²) in [4.78, 5) is 2.38. The van der Waals surface area contributed by atoms with Crippen molar-refractivity contribution in [3.63, 3.8) is 0 Å². The van der Waals surface area contributed by atoms with Gasteiger partial charge in [-0.05, 0) is 32.7 Å². The smallest absolute Gasteiger partial charge is 0.123 e. The fourth-order valence-electron chi connectivity index (χ4n) is 1.90. The highest BCUT2D eigenvalue weighted by Gasteiger charge is 2.08. The summed E-state index contributed by atoms with van der Waals surface area (Å²) >= 11 is 1.89. The molecule has 0 bridgehead atoms. The number of para-hydroxylation sites is 1. The number of benzene rings is 1. The average molecular weight is 282 g/mol. The Bertz CT molecular complexity index is 360. The second-order valence-electron chi connectivity index (χ2n) is 4.80. The topological polar surface area (TPSA) is 38.5 Å². The maximum Gasteiger partial charge on any atom is 0.123 e. The van der Waals surface area contributed by atoms with E-state index in [0.717, 1.165) is 30.9 Å². The van der Waals surface area contributed by atoms with E-state index in [1.165, 1.54) is 5.75 Å². The SMILES string of the molecule is CSCC(C)N(C)CCCOc1ccccc1CN. The molecular weight excluding hydrogens is 256 g/mol. The van der Waals surface area contributed by atoms with Gasteiger partial charge in [-0.25, -0.2) is 0 Å². The summed E-state index contributed by atoms with van der Waals surface area (Å²) in [6.45, 7) is 4.60. The number of hydrogen-bond acceptors (Lipinski definition) is 4. The fraction of sp³-hybridized carbons (Fsp3) is 0.600. The van der Waals surface area contributed by atoms with Gasteiger partial charge in [0, 0.05) is 30.4 Å². The number of hydrogen-bond donors (Lipinski definition) is 1. The van der Waals surface area contributed by atoms with Gasteiger partial charge in [-0.3, -0.25) is 0 Å². The lowest BCUT2D eigenvalue weighted by atomic mass is 10.2. The minimum atomic E-state index is 0.529. The molecule has 0 aliphatic rings. The molecule has 3 nitrogen and oxygen atoms in total. The molecule has 19 heavy (non-hydrogen) atoms. The summed E-state index contributed by atoms with van der Waals surface area (Å²) in [5.41, 5.74) is 6.76. The van der Waals surface area contributed by atoms with Crippen LogP contribution in [0.25, 0.3) is 0 Å². The van der Waals surface area contributed by atoms with Gasteiger partial charge in [0.05, 0.1) is 6.61 Å². The van der Waals surface area contributed by atoms with Crippen molar-refractivity contribution >= 4 is 11.8 Å². The summed E-state index contributed by atoms with van der Waals surface area (Å²) in [6, 6.07) is 8.60. The van der Waals surface area contributed by atoms with Gasteiger partial charge in [0.2, 0.25) is 0 Å². The Morgan fingerprint density at radius 2 is 2.11 bits per heavy atom. The number of ether oxygens (including phenoxy) is 1. The molecule has 0 aliphatic carbocycles. The molecule has 0 amide bonds. The van der Waals surface area contributed by atoms with E-state index < -0.39 is 0 Å². The Labute approximate surface area is 121 Å². The van der Waals surface area contributed by atoms with E-state index in [1.807, 2.05) is 36.0 Å². The van der Waals surface area contributed by atoms with Crippen LogP contribution in [0.4, 0.5) is 0 Å². The lowest BCUT2D eigenvalue weighted by Crippen LogP contribution is -2.32. The van der Waals surface area contributed by atoms with Gasteiger partial charge in [-0.2, -0.15) is 11.8 Å². The molecular formula is C15H26N2OS. The van der Waals surface area contributed by atoms with Crippen LogP contribution in [0, 0.1) is 0 Å². The van der Waals surface area contributed by atoms with Gasteiger partial charge < -0.3 is 15.4 Å². The molecule has 108 valence electrons. The quantitative estimate of drug-likeness (QED) is 0.707. The van der Waals surface area contributed by atoms with E-state index in [4.69, 9.17) is 10.5 Å². The van der Waals surface area contributed by atoms with Crippen LogP contribution in [0.3, 0.4) is 0 Å². The predicted octanol–water partition coefficient (Wildman–Crippen LogP) is 2.60. The third kappa shape index (κ3) is 5.85. The Balaban J connectivity index is 2.27. The molecule has 4 heteroatoms. The van der Waals surface area contributed by atoms with Gasteiger partial charge in [0.1, 0.15) is 5.75 Å². The van der Waals surface area contributed by atoms with E-state index >= 15 is 0 Å². The van der Waals surface area contributed by atoms with Crippen LogP contribution < -0.4 is 10.5 Å². The van der Waals surface area contributed by atoms with Crippen molar-refractivity contribution in [1.29, 1.82) is 0 Å². The van der Waals surface area contributed by atoms with Crippen LogP contribution in [-0.4, -0.2) is 43.1 Å². The number of nitrogens with two attached hydrogens (primary N) is 1. The van der Waals surface area contributed by atoms with E-state index in [2.05, 4.69) is 25.1 Å². The van der Waals surface area contributed by atoms with Crippen molar-refractivity contribution < 1.29 is 4.74 Å². The molecule has 1 aromatic carbocycles. The molecule has 0 saturated carbocycles. The van der Waals surface area contributed by atoms with Gasteiger partial charge in [0.25, 0.3) is 0 Å². The standard InChI is InChI=1S/C15H26N2OS/c1-13(12-19-3)17(2)9-6-10-18-15-8-5-4-7-14(15)11-16/h4-5,7-8,13H,6,9-12,16H2,1-3H3. The molecule has 1 unspecified atom stereocenters. The van der Waals surface area contributed by atoms with E-state index in [0.29, 0.717) is 12.6 Å². The Morgan fingerprint density at radius 3 is 2.79 bits per heavy atom. The first kappa shape index (κ1) is 16.3. The first-order valence-electron chi connectivity index (χ1n) is 6.79. The molecule has 0 radical (unpaired) electrons. The second-order valence-corrected chi connectivity index (χ2v) is 5.71. The van der Waals surface area contributed by atoms with Crippen molar-refractivity contribution in [2.24, 2.45) is 5.73 Å².